The SMILES string of the molecule is CN=C(NCc1ccc(S(=O)(=O)N(C)C(C)C)cc1)N1CCC(CC(=O)NC)CC1.I. The monoisotopic (exact) mass is 565 g/mol. The van der Waals surface area contributed by atoms with Crippen molar-refractivity contribution in [3.63, 3.8) is 0 Å². The van der Waals surface area contributed by atoms with Crippen LogP contribution in [0.1, 0.15) is 38.7 Å². The number of nitrogens with zero attached hydrogens (tertiary/aromatic N) is 3. The molecule has 0 aromatic heterocycles. The quantitative estimate of drug-likeness (QED) is 0.301. The van der Waals surface area contributed by atoms with Gasteiger partial charge in [-0.2, -0.15) is 4.31 Å². The lowest BCUT2D eigenvalue weighted by molar-refractivity contribution is -0.121. The predicted octanol–water partition coefficient (Wildman–Crippen LogP) is 2.26. The number of hydrogen-bond donors (Lipinski definition) is 2. The van der Waals surface area contributed by atoms with Gasteiger partial charge in [0.05, 0.1) is 4.90 Å². The van der Waals surface area contributed by atoms with Crippen LogP contribution in [0.25, 0.3) is 0 Å². The topological polar surface area (TPSA) is 94.1 Å². The Labute approximate surface area is 203 Å². The van der Waals surface area contributed by atoms with Crippen molar-refractivity contribution in [2.75, 3.05) is 34.2 Å². The molecule has 1 aliphatic rings. The van der Waals surface area contributed by atoms with Crippen LogP contribution >= 0.6 is 24.0 Å². The number of carbonyl (C=O) groups excluding carboxylic acids is 1. The Bertz CT molecular complexity index is 835. The largest absolute Gasteiger partial charge is 0.359 e. The van der Waals surface area contributed by atoms with Crippen LogP contribution in [0.5, 0.6) is 0 Å². The third-order valence-electron chi connectivity index (χ3n) is 5.66. The number of halogens is 1. The van der Waals surface area contributed by atoms with E-state index in [1.165, 1.54) is 4.31 Å². The molecule has 1 aliphatic heterocycles. The van der Waals surface area contributed by atoms with E-state index in [1.54, 1.807) is 33.3 Å². The molecule has 0 unspecified atom stereocenters. The fourth-order valence-corrected chi connectivity index (χ4v) is 4.82. The minimum Gasteiger partial charge on any atom is -0.359 e. The molecule has 1 aromatic rings. The predicted molar refractivity (Wildman–Crippen MR) is 135 cm³/mol. The maximum atomic E-state index is 12.6. The van der Waals surface area contributed by atoms with Crippen LogP contribution in [-0.4, -0.2) is 69.8 Å². The number of likely N-dealkylation sites (tertiary alicyclic amines) is 1. The molecule has 176 valence electrons. The number of hydrogen-bond acceptors (Lipinski definition) is 4. The molecular weight excluding hydrogens is 529 g/mol. The number of sulfonamides is 1. The molecule has 2 rings (SSSR count). The fraction of sp³-hybridized carbons (Fsp3) is 0.619. The summed E-state index contributed by atoms with van der Waals surface area (Å²) < 4.78 is 26.5. The van der Waals surface area contributed by atoms with Crippen molar-refractivity contribution in [3.05, 3.63) is 29.8 Å². The smallest absolute Gasteiger partial charge is 0.243 e. The number of amides is 1. The molecule has 0 radical (unpaired) electrons. The van der Waals surface area contributed by atoms with Crippen molar-refractivity contribution >= 4 is 45.9 Å². The summed E-state index contributed by atoms with van der Waals surface area (Å²) >= 11 is 0. The van der Waals surface area contributed by atoms with Gasteiger partial charge in [-0.25, -0.2) is 8.42 Å². The van der Waals surface area contributed by atoms with Gasteiger partial charge in [0.1, 0.15) is 0 Å². The lowest BCUT2D eigenvalue weighted by atomic mass is 9.93. The van der Waals surface area contributed by atoms with E-state index < -0.39 is 10.0 Å². The van der Waals surface area contributed by atoms with Gasteiger partial charge in [0, 0.05) is 53.2 Å². The first-order valence-corrected chi connectivity index (χ1v) is 11.9. The second-order valence-corrected chi connectivity index (χ2v) is 9.96. The fourth-order valence-electron chi connectivity index (χ4n) is 3.45. The van der Waals surface area contributed by atoms with Crippen molar-refractivity contribution in [1.29, 1.82) is 0 Å². The standard InChI is InChI=1S/C21H35N5O3S.HI/c1-16(2)25(5)30(28,29)19-8-6-18(7-9-19)15-24-21(23-4)26-12-10-17(11-13-26)14-20(27)22-3;/h6-9,16-17H,10-15H2,1-5H3,(H,22,27)(H,23,24);1H. The van der Waals surface area contributed by atoms with Gasteiger partial charge in [-0.1, -0.05) is 12.1 Å². The molecule has 2 N–H and O–H groups in total. The van der Waals surface area contributed by atoms with Crippen LogP contribution in [0.3, 0.4) is 0 Å². The first-order valence-electron chi connectivity index (χ1n) is 10.4. The summed E-state index contributed by atoms with van der Waals surface area (Å²) in [5, 5.41) is 6.05. The number of rotatable bonds is 7. The maximum absolute atomic E-state index is 12.6. The molecule has 0 atom stereocenters. The van der Waals surface area contributed by atoms with Gasteiger partial charge in [-0.15, -0.1) is 24.0 Å². The summed E-state index contributed by atoms with van der Waals surface area (Å²) in [7, 11) is 1.56. The third kappa shape index (κ3) is 7.60. The molecule has 1 amide bonds. The van der Waals surface area contributed by atoms with Crippen molar-refractivity contribution in [3.8, 4) is 0 Å². The first-order chi connectivity index (χ1) is 14.2. The number of guanidine groups is 1. The Balaban J connectivity index is 0.00000480. The molecule has 0 spiro atoms. The van der Waals surface area contributed by atoms with Crippen molar-refractivity contribution in [1.82, 2.24) is 19.8 Å². The first kappa shape index (κ1) is 27.6. The van der Waals surface area contributed by atoms with E-state index in [2.05, 4.69) is 20.5 Å². The lowest BCUT2D eigenvalue weighted by Crippen LogP contribution is -2.45. The number of aliphatic imine (C=N–C) groups is 1. The molecule has 8 nitrogen and oxygen atoms in total. The highest BCUT2D eigenvalue weighted by Crippen LogP contribution is 2.21. The lowest BCUT2D eigenvalue weighted by Gasteiger charge is -2.34. The Morgan fingerprint density at radius 2 is 1.81 bits per heavy atom. The van der Waals surface area contributed by atoms with Crippen molar-refractivity contribution < 1.29 is 13.2 Å². The van der Waals surface area contributed by atoms with E-state index in [4.69, 9.17) is 0 Å². The number of nitrogens with one attached hydrogen (secondary N) is 2. The molecule has 1 saturated heterocycles. The van der Waals surface area contributed by atoms with Gasteiger partial charge in [-0.05, 0) is 50.3 Å². The van der Waals surface area contributed by atoms with Crippen LogP contribution in [0.4, 0.5) is 0 Å². The molecule has 0 aliphatic carbocycles. The van der Waals surface area contributed by atoms with E-state index in [0.717, 1.165) is 37.5 Å². The molecule has 0 saturated carbocycles. The summed E-state index contributed by atoms with van der Waals surface area (Å²) in [5.41, 5.74) is 0.983. The Kier molecular flexibility index (Phi) is 11.2. The molecule has 0 bridgehead atoms. The highest BCUT2D eigenvalue weighted by Gasteiger charge is 2.24. The van der Waals surface area contributed by atoms with Gasteiger partial charge < -0.3 is 15.5 Å². The highest BCUT2D eigenvalue weighted by molar-refractivity contribution is 14.0. The second kappa shape index (κ2) is 12.6. The summed E-state index contributed by atoms with van der Waals surface area (Å²) in [6.07, 6.45) is 2.51. The zero-order valence-electron chi connectivity index (χ0n) is 19.1. The zero-order chi connectivity index (χ0) is 22.3. The van der Waals surface area contributed by atoms with E-state index in [1.807, 2.05) is 26.0 Å². The molecule has 1 fully saturated rings. The van der Waals surface area contributed by atoms with Gasteiger partial charge in [0.15, 0.2) is 5.96 Å². The molecular formula is C21H36IN5O3S. The van der Waals surface area contributed by atoms with Gasteiger partial charge in [0.25, 0.3) is 0 Å². The molecule has 31 heavy (non-hydrogen) atoms. The van der Waals surface area contributed by atoms with Gasteiger partial charge in [0.2, 0.25) is 15.9 Å². The summed E-state index contributed by atoms with van der Waals surface area (Å²) in [6.45, 7) is 5.98. The Morgan fingerprint density at radius 1 is 1.23 bits per heavy atom. The highest BCUT2D eigenvalue weighted by atomic mass is 127. The van der Waals surface area contributed by atoms with Gasteiger partial charge in [-0.3, -0.25) is 9.79 Å². The number of benzene rings is 1. The third-order valence-corrected chi connectivity index (χ3v) is 7.70. The van der Waals surface area contributed by atoms with Crippen LogP contribution in [0.15, 0.2) is 34.2 Å². The Hall–Kier alpha value is -1.40. The van der Waals surface area contributed by atoms with Gasteiger partial charge >= 0.3 is 0 Å². The average Bonchev–Trinajstić information content (AvgIpc) is 2.74. The number of carbonyl (C=O) groups is 1. The van der Waals surface area contributed by atoms with E-state index in [-0.39, 0.29) is 35.9 Å². The summed E-state index contributed by atoms with van der Waals surface area (Å²) in [5.74, 6) is 1.34. The zero-order valence-corrected chi connectivity index (χ0v) is 22.2. The summed E-state index contributed by atoms with van der Waals surface area (Å²) in [6, 6.07) is 6.87. The van der Waals surface area contributed by atoms with Crippen LogP contribution < -0.4 is 10.6 Å². The number of piperidine rings is 1. The molecule has 1 aromatic carbocycles. The van der Waals surface area contributed by atoms with E-state index >= 15 is 0 Å². The minimum atomic E-state index is -3.47. The maximum Gasteiger partial charge on any atom is 0.243 e. The normalized spacial score (nSPS) is 15.7. The molecule has 10 heteroatoms. The van der Waals surface area contributed by atoms with Crippen molar-refractivity contribution in [2.45, 2.75) is 50.6 Å². The average molecular weight is 566 g/mol. The minimum absolute atomic E-state index is 0. The van der Waals surface area contributed by atoms with Crippen LogP contribution in [-0.2, 0) is 21.4 Å². The second-order valence-electron chi connectivity index (χ2n) is 7.97. The van der Waals surface area contributed by atoms with Crippen LogP contribution in [0, 0.1) is 5.92 Å². The molecule has 1 heterocycles. The Morgan fingerprint density at radius 3 is 2.29 bits per heavy atom. The van der Waals surface area contributed by atoms with E-state index in [0.29, 0.717) is 23.8 Å². The van der Waals surface area contributed by atoms with Crippen LogP contribution in [0.2, 0.25) is 0 Å². The summed E-state index contributed by atoms with van der Waals surface area (Å²) in [4.78, 5) is 18.4. The van der Waals surface area contributed by atoms with E-state index in [9.17, 15) is 13.2 Å². The van der Waals surface area contributed by atoms with Crippen molar-refractivity contribution in [2.24, 2.45) is 10.9 Å².